The van der Waals surface area contributed by atoms with Crippen molar-refractivity contribution < 1.29 is 9.53 Å². The highest BCUT2D eigenvalue weighted by molar-refractivity contribution is 5.94. The maximum atomic E-state index is 12.2. The normalized spacial score (nSPS) is 21.5. The first-order chi connectivity index (χ1) is 10.3. The Labute approximate surface area is 125 Å². The zero-order valence-corrected chi connectivity index (χ0v) is 12.3. The van der Waals surface area contributed by atoms with E-state index in [1.807, 2.05) is 18.2 Å². The molecule has 0 spiro atoms. The van der Waals surface area contributed by atoms with Crippen LogP contribution in [0.5, 0.6) is 0 Å². The van der Waals surface area contributed by atoms with E-state index in [9.17, 15) is 4.79 Å². The zero-order valence-electron chi connectivity index (χ0n) is 12.3. The summed E-state index contributed by atoms with van der Waals surface area (Å²) in [5.41, 5.74) is 2.00. The molecule has 0 unspecified atom stereocenters. The SMILES string of the molecule is O=C(C[C@@H]1C=CCC1)Nc1ccccc1N1CCOCC1. The molecule has 21 heavy (non-hydrogen) atoms. The fourth-order valence-electron chi connectivity index (χ4n) is 2.96. The number of anilines is 2. The van der Waals surface area contributed by atoms with E-state index in [0.717, 1.165) is 50.5 Å². The quantitative estimate of drug-likeness (QED) is 0.865. The number of hydrogen-bond donors (Lipinski definition) is 1. The smallest absolute Gasteiger partial charge is 0.225 e. The molecule has 1 fully saturated rings. The molecule has 1 aliphatic carbocycles. The molecule has 0 saturated carbocycles. The zero-order chi connectivity index (χ0) is 14.5. The molecule has 3 rings (SSSR count). The summed E-state index contributed by atoms with van der Waals surface area (Å²) in [4.78, 5) is 14.5. The van der Waals surface area contributed by atoms with E-state index in [1.165, 1.54) is 0 Å². The van der Waals surface area contributed by atoms with Gasteiger partial charge in [0.05, 0.1) is 24.6 Å². The van der Waals surface area contributed by atoms with Crippen molar-refractivity contribution >= 4 is 17.3 Å². The molecule has 1 aliphatic heterocycles. The number of carbonyl (C=O) groups excluding carboxylic acids is 1. The Morgan fingerprint density at radius 1 is 1.29 bits per heavy atom. The number of para-hydroxylation sites is 2. The molecular formula is C17H22N2O2. The van der Waals surface area contributed by atoms with Crippen LogP contribution in [0.15, 0.2) is 36.4 Å². The lowest BCUT2D eigenvalue weighted by atomic mass is 10.0. The van der Waals surface area contributed by atoms with Gasteiger partial charge >= 0.3 is 0 Å². The number of benzene rings is 1. The van der Waals surface area contributed by atoms with E-state index in [4.69, 9.17) is 4.74 Å². The molecule has 0 radical (unpaired) electrons. The molecule has 1 N–H and O–H groups in total. The van der Waals surface area contributed by atoms with E-state index in [1.54, 1.807) is 0 Å². The van der Waals surface area contributed by atoms with Crippen LogP contribution in [0.2, 0.25) is 0 Å². The molecule has 4 heteroatoms. The molecule has 0 aromatic heterocycles. The van der Waals surface area contributed by atoms with Crippen LogP contribution < -0.4 is 10.2 Å². The molecule has 1 aromatic rings. The van der Waals surface area contributed by atoms with Crippen LogP contribution in [-0.4, -0.2) is 32.2 Å². The van der Waals surface area contributed by atoms with Crippen LogP contribution in [0.3, 0.4) is 0 Å². The summed E-state index contributed by atoms with van der Waals surface area (Å²) >= 11 is 0. The molecule has 1 aromatic carbocycles. The van der Waals surface area contributed by atoms with Crippen molar-refractivity contribution in [3.63, 3.8) is 0 Å². The molecular weight excluding hydrogens is 264 g/mol. The minimum atomic E-state index is 0.104. The fraction of sp³-hybridized carbons (Fsp3) is 0.471. The van der Waals surface area contributed by atoms with Gasteiger partial charge in [-0.15, -0.1) is 0 Å². The second-order valence-corrected chi connectivity index (χ2v) is 5.63. The second kappa shape index (κ2) is 6.76. The van der Waals surface area contributed by atoms with Gasteiger partial charge in [-0.1, -0.05) is 24.3 Å². The van der Waals surface area contributed by atoms with Crippen LogP contribution in [-0.2, 0) is 9.53 Å². The first-order valence-electron chi connectivity index (χ1n) is 7.71. The van der Waals surface area contributed by atoms with Gasteiger partial charge in [-0.3, -0.25) is 4.79 Å². The Kier molecular flexibility index (Phi) is 4.55. The number of morpholine rings is 1. The Bertz CT molecular complexity index is 521. The number of nitrogens with zero attached hydrogens (tertiary/aromatic N) is 1. The molecule has 112 valence electrons. The largest absolute Gasteiger partial charge is 0.378 e. The van der Waals surface area contributed by atoms with Crippen molar-refractivity contribution in [2.45, 2.75) is 19.3 Å². The van der Waals surface area contributed by atoms with E-state index in [-0.39, 0.29) is 5.91 Å². The average Bonchev–Trinajstić information content (AvgIpc) is 3.01. The summed E-state index contributed by atoms with van der Waals surface area (Å²) in [6.07, 6.45) is 7.10. The maximum absolute atomic E-state index is 12.2. The highest BCUT2D eigenvalue weighted by Gasteiger charge is 2.18. The van der Waals surface area contributed by atoms with Crippen LogP contribution >= 0.6 is 0 Å². The fourth-order valence-corrected chi connectivity index (χ4v) is 2.96. The lowest BCUT2D eigenvalue weighted by Crippen LogP contribution is -2.36. The Morgan fingerprint density at radius 2 is 2.10 bits per heavy atom. The predicted molar refractivity (Wildman–Crippen MR) is 84.6 cm³/mol. The van der Waals surface area contributed by atoms with Crippen LogP contribution in [0.1, 0.15) is 19.3 Å². The number of ether oxygens (including phenoxy) is 1. The molecule has 1 heterocycles. The van der Waals surface area contributed by atoms with Gasteiger partial charge in [0.15, 0.2) is 0 Å². The van der Waals surface area contributed by atoms with Gasteiger partial charge in [-0.25, -0.2) is 0 Å². The van der Waals surface area contributed by atoms with Gasteiger partial charge in [-0.05, 0) is 30.9 Å². The molecule has 1 saturated heterocycles. The minimum absolute atomic E-state index is 0.104. The van der Waals surface area contributed by atoms with Gasteiger partial charge in [0.2, 0.25) is 5.91 Å². The lowest BCUT2D eigenvalue weighted by Gasteiger charge is -2.30. The molecule has 1 atom stereocenters. The molecule has 0 bridgehead atoms. The Morgan fingerprint density at radius 3 is 2.86 bits per heavy atom. The minimum Gasteiger partial charge on any atom is -0.378 e. The van der Waals surface area contributed by atoms with Crippen molar-refractivity contribution in [3.8, 4) is 0 Å². The highest BCUT2D eigenvalue weighted by Crippen LogP contribution is 2.27. The van der Waals surface area contributed by atoms with E-state index in [0.29, 0.717) is 12.3 Å². The lowest BCUT2D eigenvalue weighted by molar-refractivity contribution is -0.116. The number of hydrogen-bond acceptors (Lipinski definition) is 3. The third-order valence-corrected chi connectivity index (χ3v) is 4.09. The van der Waals surface area contributed by atoms with Gasteiger partial charge in [-0.2, -0.15) is 0 Å². The van der Waals surface area contributed by atoms with E-state index < -0.39 is 0 Å². The summed E-state index contributed by atoms with van der Waals surface area (Å²) < 4.78 is 5.39. The van der Waals surface area contributed by atoms with Gasteiger partial charge in [0, 0.05) is 19.5 Å². The Balaban J connectivity index is 1.66. The number of nitrogens with one attached hydrogen (secondary N) is 1. The number of allylic oxidation sites excluding steroid dienone is 2. The first kappa shape index (κ1) is 14.1. The van der Waals surface area contributed by atoms with Crippen LogP contribution in [0, 0.1) is 5.92 Å². The maximum Gasteiger partial charge on any atom is 0.225 e. The third-order valence-electron chi connectivity index (χ3n) is 4.09. The van der Waals surface area contributed by atoms with Crippen molar-refractivity contribution in [1.82, 2.24) is 0 Å². The van der Waals surface area contributed by atoms with Crippen molar-refractivity contribution in [1.29, 1.82) is 0 Å². The summed E-state index contributed by atoms with van der Waals surface area (Å²) in [5, 5.41) is 3.08. The van der Waals surface area contributed by atoms with Crippen LogP contribution in [0.25, 0.3) is 0 Å². The third kappa shape index (κ3) is 3.64. The van der Waals surface area contributed by atoms with Crippen molar-refractivity contribution in [2.75, 3.05) is 36.5 Å². The van der Waals surface area contributed by atoms with Gasteiger partial charge in [0.1, 0.15) is 0 Å². The summed E-state index contributed by atoms with van der Waals surface area (Å²) in [6.45, 7) is 3.24. The summed E-state index contributed by atoms with van der Waals surface area (Å²) in [5.74, 6) is 0.507. The molecule has 4 nitrogen and oxygen atoms in total. The monoisotopic (exact) mass is 286 g/mol. The number of carbonyl (C=O) groups is 1. The second-order valence-electron chi connectivity index (χ2n) is 5.63. The predicted octanol–water partition coefficient (Wildman–Crippen LogP) is 2.82. The standard InChI is InChI=1S/C17H22N2O2/c20-17(13-14-5-1-2-6-14)18-15-7-3-4-8-16(15)19-9-11-21-12-10-19/h1,3-5,7-8,14H,2,6,9-13H2,(H,18,20)/t14-/m1/s1. The summed E-state index contributed by atoms with van der Waals surface area (Å²) in [7, 11) is 0. The number of rotatable bonds is 4. The molecule has 2 aliphatic rings. The van der Waals surface area contributed by atoms with Gasteiger partial charge in [0.25, 0.3) is 0 Å². The topological polar surface area (TPSA) is 41.6 Å². The first-order valence-corrected chi connectivity index (χ1v) is 7.71. The number of amides is 1. The summed E-state index contributed by atoms with van der Waals surface area (Å²) in [6, 6.07) is 8.03. The highest BCUT2D eigenvalue weighted by atomic mass is 16.5. The average molecular weight is 286 g/mol. The molecule has 1 amide bonds. The van der Waals surface area contributed by atoms with Gasteiger partial charge < -0.3 is 15.0 Å². The van der Waals surface area contributed by atoms with E-state index in [2.05, 4.69) is 28.4 Å². The van der Waals surface area contributed by atoms with Crippen molar-refractivity contribution in [3.05, 3.63) is 36.4 Å². The van der Waals surface area contributed by atoms with E-state index >= 15 is 0 Å². The Hall–Kier alpha value is -1.81. The van der Waals surface area contributed by atoms with Crippen molar-refractivity contribution in [2.24, 2.45) is 5.92 Å². The van der Waals surface area contributed by atoms with Crippen LogP contribution in [0.4, 0.5) is 11.4 Å².